The number of nitrogens with one attached hydrogen (secondary N) is 2. The lowest BCUT2D eigenvalue weighted by Gasteiger charge is -2.20. The molecule has 0 spiro atoms. The fourth-order valence-electron chi connectivity index (χ4n) is 4.48. The number of amides is 1. The molecule has 1 saturated heterocycles. The summed E-state index contributed by atoms with van der Waals surface area (Å²) >= 11 is 0. The molecule has 1 fully saturated rings. The molecule has 12 heteroatoms. The van der Waals surface area contributed by atoms with Gasteiger partial charge in [0.25, 0.3) is 15.9 Å². The van der Waals surface area contributed by atoms with E-state index in [-0.39, 0.29) is 21.1 Å². The van der Waals surface area contributed by atoms with Crippen molar-refractivity contribution in [1.29, 1.82) is 0 Å². The number of rotatable bonds is 9. The smallest absolute Gasteiger partial charge is 0.262 e. The fraction of sp³-hybridized carbons (Fsp3) is 0.321. The molecule has 0 aliphatic carbocycles. The Labute approximate surface area is 235 Å². The minimum Gasteiger partial charge on any atom is -0.496 e. The first-order chi connectivity index (χ1) is 19.0. The molecule has 3 aromatic carbocycles. The van der Waals surface area contributed by atoms with Crippen LogP contribution in [0.4, 0.5) is 11.4 Å². The third-order valence-corrected chi connectivity index (χ3v) is 9.92. The molecule has 1 heterocycles. The summed E-state index contributed by atoms with van der Waals surface area (Å²) in [6.07, 6.45) is 3.56. The van der Waals surface area contributed by atoms with Crippen LogP contribution >= 0.6 is 0 Å². The molecule has 214 valence electrons. The Morgan fingerprint density at radius 2 is 1.38 bits per heavy atom. The van der Waals surface area contributed by atoms with Crippen molar-refractivity contribution in [2.75, 3.05) is 37.3 Å². The fourth-order valence-corrected chi connectivity index (χ4v) is 7.08. The van der Waals surface area contributed by atoms with Gasteiger partial charge in [0, 0.05) is 18.8 Å². The Hall–Kier alpha value is -3.61. The van der Waals surface area contributed by atoms with Gasteiger partial charge in [-0.3, -0.25) is 9.52 Å². The number of carbonyl (C=O) groups excluding carboxylic acids is 1. The molecule has 0 bridgehead atoms. The first-order valence-corrected chi connectivity index (χ1v) is 15.7. The molecular formula is C28H33N3O7S2. The maximum Gasteiger partial charge on any atom is 0.262 e. The zero-order valence-electron chi connectivity index (χ0n) is 22.6. The summed E-state index contributed by atoms with van der Waals surface area (Å²) in [6.45, 7) is 2.72. The molecule has 0 saturated carbocycles. The van der Waals surface area contributed by atoms with Crippen molar-refractivity contribution < 1.29 is 31.1 Å². The second-order valence-electron chi connectivity index (χ2n) is 9.47. The lowest BCUT2D eigenvalue weighted by molar-refractivity contribution is 0.102. The van der Waals surface area contributed by atoms with Gasteiger partial charge in [0.05, 0.1) is 35.3 Å². The predicted octanol–water partition coefficient (Wildman–Crippen LogP) is 4.63. The van der Waals surface area contributed by atoms with E-state index in [2.05, 4.69) is 10.0 Å². The third kappa shape index (κ3) is 6.57. The van der Waals surface area contributed by atoms with Crippen molar-refractivity contribution in [2.45, 2.75) is 42.4 Å². The highest BCUT2D eigenvalue weighted by molar-refractivity contribution is 7.92. The average molecular weight is 588 g/mol. The van der Waals surface area contributed by atoms with Crippen molar-refractivity contribution in [3.63, 3.8) is 0 Å². The molecule has 3 aromatic rings. The summed E-state index contributed by atoms with van der Waals surface area (Å²) in [4.78, 5) is 13.2. The van der Waals surface area contributed by atoms with E-state index in [0.717, 1.165) is 31.2 Å². The van der Waals surface area contributed by atoms with Crippen LogP contribution in [-0.2, 0) is 20.0 Å². The van der Waals surface area contributed by atoms with Crippen LogP contribution in [0.2, 0.25) is 0 Å². The summed E-state index contributed by atoms with van der Waals surface area (Å²) in [5.41, 5.74) is 1.53. The number of carbonyl (C=O) groups is 1. The van der Waals surface area contributed by atoms with Crippen LogP contribution in [0.25, 0.3) is 0 Å². The van der Waals surface area contributed by atoms with Crippen molar-refractivity contribution in [2.24, 2.45) is 0 Å². The van der Waals surface area contributed by atoms with Crippen LogP contribution in [0.1, 0.15) is 41.6 Å². The molecule has 40 heavy (non-hydrogen) atoms. The van der Waals surface area contributed by atoms with Crippen molar-refractivity contribution in [3.8, 4) is 11.5 Å². The third-order valence-electron chi connectivity index (χ3n) is 6.64. The minimum absolute atomic E-state index is 0.0134. The van der Waals surface area contributed by atoms with Crippen molar-refractivity contribution in [3.05, 3.63) is 71.8 Å². The van der Waals surface area contributed by atoms with Crippen LogP contribution < -0.4 is 19.5 Å². The number of hydrogen-bond donors (Lipinski definition) is 2. The lowest BCUT2D eigenvalue weighted by atomic mass is 10.2. The summed E-state index contributed by atoms with van der Waals surface area (Å²) in [7, 11) is -4.87. The largest absolute Gasteiger partial charge is 0.496 e. The van der Waals surface area contributed by atoms with Gasteiger partial charge in [-0.15, -0.1) is 0 Å². The van der Waals surface area contributed by atoms with E-state index in [1.807, 2.05) is 13.0 Å². The van der Waals surface area contributed by atoms with E-state index in [9.17, 15) is 21.6 Å². The zero-order valence-corrected chi connectivity index (χ0v) is 24.3. The van der Waals surface area contributed by atoms with E-state index in [1.165, 1.54) is 61.0 Å². The summed E-state index contributed by atoms with van der Waals surface area (Å²) in [5, 5.41) is 2.69. The van der Waals surface area contributed by atoms with Crippen LogP contribution in [0.3, 0.4) is 0 Å². The predicted molar refractivity (Wildman–Crippen MR) is 153 cm³/mol. The lowest BCUT2D eigenvalue weighted by Crippen LogP contribution is -2.32. The highest BCUT2D eigenvalue weighted by Gasteiger charge is 2.27. The summed E-state index contributed by atoms with van der Waals surface area (Å²) in [6, 6.07) is 15.0. The van der Waals surface area contributed by atoms with Gasteiger partial charge in [-0.25, -0.2) is 16.8 Å². The number of methoxy groups -OCH3 is 2. The molecule has 1 amide bonds. The van der Waals surface area contributed by atoms with Gasteiger partial charge in [-0.1, -0.05) is 18.9 Å². The van der Waals surface area contributed by atoms with Gasteiger partial charge in [-0.05, 0) is 79.9 Å². The van der Waals surface area contributed by atoms with Gasteiger partial charge >= 0.3 is 0 Å². The Morgan fingerprint density at radius 1 is 0.775 bits per heavy atom. The van der Waals surface area contributed by atoms with E-state index < -0.39 is 26.0 Å². The Balaban J connectivity index is 1.54. The average Bonchev–Trinajstić information content (AvgIpc) is 3.23. The van der Waals surface area contributed by atoms with Crippen molar-refractivity contribution >= 4 is 37.3 Å². The number of nitrogens with zero attached hydrogens (tertiary/aromatic N) is 1. The van der Waals surface area contributed by atoms with Crippen LogP contribution in [0.15, 0.2) is 70.5 Å². The van der Waals surface area contributed by atoms with Gasteiger partial charge in [0.15, 0.2) is 0 Å². The summed E-state index contributed by atoms with van der Waals surface area (Å²) in [5.74, 6) is -0.00194. The normalized spacial score (nSPS) is 14.7. The van der Waals surface area contributed by atoms with Crippen LogP contribution in [0, 0.1) is 6.92 Å². The molecular weight excluding hydrogens is 554 g/mol. The van der Waals surface area contributed by atoms with E-state index in [1.54, 1.807) is 12.1 Å². The molecule has 0 unspecified atom stereocenters. The second kappa shape index (κ2) is 12.3. The Bertz CT molecular complexity index is 1580. The Kier molecular flexibility index (Phi) is 9.02. The minimum atomic E-state index is -3.94. The first-order valence-electron chi connectivity index (χ1n) is 12.8. The topological polar surface area (TPSA) is 131 Å². The molecule has 10 nitrogen and oxygen atoms in total. The maximum atomic E-state index is 13.3. The quantitative estimate of drug-likeness (QED) is 0.373. The highest BCUT2D eigenvalue weighted by Crippen LogP contribution is 2.29. The van der Waals surface area contributed by atoms with Crippen LogP contribution in [0.5, 0.6) is 11.5 Å². The van der Waals surface area contributed by atoms with Gasteiger partial charge in [-0.2, -0.15) is 4.31 Å². The molecule has 2 N–H and O–H groups in total. The maximum absolute atomic E-state index is 13.3. The number of hydrogen-bond acceptors (Lipinski definition) is 7. The van der Waals surface area contributed by atoms with E-state index >= 15 is 0 Å². The Morgan fingerprint density at radius 3 is 2.00 bits per heavy atom. The van der Waals surface area contributed by atoms with Crippen molar-refractivity contribution in [1.82, 2.24) is 4.31 Å². The number of ether oxygens (including phenoxy) is 2. The number of benzene rings is 3. The molecule has 0 atom stereocenters. The van der Waals surface area contributed by atoms with Gasteiger partial charge in [0.1, 0.15) is 11.5 Å². The number of anilines is 2. The standard InChI is InChI=1S/C28H33N3O7S2/c1-20-8-14-27(38-3)25(18-20)30-39(33,34)22-11-9-21(10-12-22)29-28(32)24-19-23(13-15-26(24)37-2)40(35,36)31-16-6-4-5-7-17-31/h8-15,18-19,30H,4-7,16-17H2,1-3H3,(H,29,32). The monoisotopic (exact) mass is 587 g/mol. The molecule has 0 aromatic heterocycles. The first kappa shape index (κ1) is 29.4. The number of sulfonamides is 2. The number of aryl methyl sites for hydroxylation is 1. The molecule has 1 aliphatic rings. The van der Waals surface area contributed by atoms with Gasteiger partial charge < -0.3 is 14.8 Å². The SMILES string of the molecule is COc1ccc(C)cc1NS(=O)(=O)c1ccc(NC(=O)c2cc(S(=O)(=O)N3CCCCCC3)ccc2OC)cc1. The summed E-state index contributed by atoms with van der Waals surface area (Å²) < 4.78 is 67.1. The zero-order chi connectivity index (χ0) is 28.9. The molecule has 4 rings (SSSR count). The molecule has 0 radical (unpaired) electrons. The van der Waals surface area contributed by atoms with Gasteiger partial charge in [0.2, 0.25) is 10.0 Å². The second-order valence-corrected chi connectivity index (χ2v) is 13.1. The molecule has 1 aliphatic heterocycles. The van der Waals surface area contributed by atoms with Crippen LogP contribution in [-0.4, -0.2) is 54.4 Å². The highest BCUT2D eigenvalue weighted by atomic mass is 32.2. The van der Waals surface area contributed by atoms with E-state index in [0.29, 0.717) is 30.2 Å². The van der Waals surface area contributed by atoms with E-state index in [4.69, 9.17) is 9.47 Å².